The molecule has 116 valence electrons. The van der Waals surface area contributed by atoms with E-state index in [-0.39, 0.29) is 0 Å². The van der Waals surface area contributed by atoms with Gasteiger partial charge in [0.25, 0.3) is 0 Å². The summed E-state index contributed by atoms with van der Waals surface area (Å²) < 4.78 is 0. The fraction of sp³-hybridized carbons (Fsp3) is 0. The molecular formula is C22H14Cl2. The molecule has 0 bridgehead atoms. The molecule has 0 aromatic heterocycles. The third-order valence-corrected chi connectivity index (χ3v) is 4.83. The molecule has 0 fully saturated rings. The van der Waals surface area contributed by atoms with Crippen molar-refractivity contribution >= 4 is 56.9 Å². The highest BCUT2D eigenvalue weighted by Crippen LogP contribution is 2.28. The number of hydrogen-bond acceptors (Lipinski definition) is 0. The lowest BCUT2D eigenvalue weighted by Crippen LogP contribution is -1.81. The second-order valence-electron chi connectivity index (χ2n) is 5.78. The highest BCUT2D eigenvalue weighted by molar-refractivity contribution is 6.34. The van der Waals surface area contributed by atoms with E-state index in [0.29, 0.717) is 0 Å². The standard InChI is InChI=1S/C22H14Cl2/c23-21-13-17-7-3-1-5-15(17)11-19(21)9-10-20-12-16-6-2-4-8-18(16)14-22(20)24/h1-14H/b10-9+. The van der Waals surface area contributed by atoms with E-state index in [1.165, 1.54) is 10.8 Å². The van der Waals surface area contributed by atoms with E-state index in [1.54, 1.807) is 0 Å². The van der Waals surface area contributed by atoms with Crippen LogP contribution < -0.4 is 0 Å². The van der Waals surface area contributed by atoms with Crippen molar-refractivity contribution in [3.8, 4) is 0 Å². The van der Waals surface area contributed by atoms with Gasteiger partial charge in [0.1, 0.15) is 0 Å². The first-order valence-corrected chi connectivity index (χ1v) is 8.51. The predicted octanol–water partition coefficient (Wildman–Crippen LogP) is 7.47. The highest BCUT2D eigenvalue weighted by Gasteiger charge is 2.03. The van der Waals surface area contributed by atoms with Crippen LogP contribution in [-0.2, 0) is 0 Å². The van der Waals surface area contributed by atoms with Crippen molar-refractivity contribution < 1.29 is 0 Å². The van der Waals surface area contributed by atoms with Gasteiger partial charge in [-0.3, -0.25) is 0 Å². The maximum absolute atomic E-state index is 6.42. The Balaban J connectivity index is 1.77. The van der Waals surface area contributed by atoms with Gasteiger partial charge in [0, 0.05) is 10.0 Å². The van der Waals surface area contributed by atoms with Crippen LogP contribution in [0.15, 0.2) is 72.8 Å². The molecule has 2 heteroatoms. The Kier molecular flexibility index (Phi) is 4.02. The molecule has 0 aliphatic rings. The lowest BCUT2D eigenvalue weighted by Gasteiger charge is -2.05. The first kappa shape index (κ1) is 15.3. The zero-order valence-electron chi connectivity index (χ0n) is 12.8. The van der Waals surface area contributed by atoms with Gasteiger partial charge in [0.2, 0.25) is 0 Å². The zero-order chi connectivity index (χ0) is 16.5. The summed E-state index contributed by atoms with van der Waals surface area (Å²) in [7, 11) is 0. The van der Waals surface area contributed by atoms with E-state index in [0.717, 1.165) is 31.9 Å². The van der Waals surface area contributed by atoms with Gasteiger partial charge in [-0.05, 0) is 56.9 Å². The molecule has 0 spiro atoms. The molecule has 0 amide bonds. The number of fused-ring (bicyclic) bond motifs is 2. The van der Waals surface area contributed by atoms with Gasteiger partial charge in [-0.2, -0.15) is 0 Å². The van der Waals surface area contributed by atoms with E-state index in [9.17, 15) is 0 Å². The fourth-order valence-corrected chi connectivity index (χ4v) is 3.37. The maximum atomic E-state index is 6.42. The smallest absolute Gasteiger partial charge is 0.0484 e. The summed E-state index contributed by atoms with van der Waals surface area (Å²) in [6, 6.07) is 24.6. The Bertz CT molecular complexity index is 990. The summed E-state index contributed by atoms with van der Waals surface area (Å²) in [5, 5.41) is 6.10. The Morgan fingerprint density at radius 1 is 0.500 bits per heavy atom. The number of benzene rings is 4. The SMILES string of the molecule is Clc1cc2ccccc2cc1/C=C/c1cc2ccccc2cc1Cl. The first-order chi connectivity index (χ1) is 11.7. The molecule has 24 heavy (non-hydrogen) atoms. The first-order valence-electron chi connectivity index (χ1n) is 7.75. The van der Waals surface area contributed by atoms with Gasteiger partial charge in [-0.15, -0.1) is 0 Å². The molecule has 0 heterocycles. The van der Waals surface area contributed by atoms with Crippen LogP contribution in [0, 0.1) is 0 Å². The van der Waals surface area contributed by atoms with Crippen molar-refractivity contribution in [1.29, 1.82) is 0 Å². The third-order valence-electron chi connectivity index (χ3n) is 4.17. The minimum absolute atomic E-state index is 0.738. The topological polar surface area (TPSA) is 0 Å². The Morgan fingerprint density at radius 3 is 1.21 bits per heavy atom. The molecule has 4 rings (SSSR count). The minimum atomic E-state index is 0.738. The molecule has 0 radical (unpaired) electrons. The van der Waals surface area contributed by atoms with E-state index in [2.05, 4.69) is 36.4 Å². The Morgan fingerprint density at radius 2 is 0.833 bits per heavy atom. The van der Waals surface area contributed by atoms with Crippen LogP contribution in [0.4, 0.5) is 0 Å². The molecule has 4 aromatic rings. The van der Waals surface area contributed by atoms with Gasteiger partial charge in [-0.25, -0.2) is 0 Å². The number of halogens is 2. The van der Waals surface area contributed by atoms with Gasteiger partial charge >= 0.3 is 0 Å². The molecule has 0 saturated carbocycles. The van der Waals surface area contributed by atoms with Crippen LogP contribution in [0.5, 0.6) is 0 Å². The maximum Gasteiger partial charge on any atom is 0.0484 e. The molecule has 0 N–H and O–H groups in total. The largest absolute Gasteiger partial charge is 0.0837 e. The second kappa shape index (κ2) is 6.32. The van der Waals surface area contributed by atoms with Gasteiger partial charge in [0.15, 0.2) is 0 Å². The van der Waals surface area contributed by atoms with Crippen molar-refractivity contribution in [2.24, 2.45) is 0 Å². The zero-order valence-corrected chi connectivity index (χ0v) is 14.4. The van der Waals surface area contributed by atoms with E-state index < -0.39 is 0 Å². The summed E-state index contributed by atoms with van der Waals surface area (Å²) in [4.78, 5) is 0. The van der Waals surface area contributed by atoms with Gasteiger partial charge in [0.05, 0.1) is 0 Å². The van der Waals surface area contributed by atoms with E-state index >= 15 is 0 Å². The summed E-state index contributed by atoms with van der Waals surface area (Å²) in [6.07, 6.45) is 4.04. The van der Waals surface area contributed by atoms with E-state index in [1.807, 2.05) is 48.6 Å². The molecule has 4 aromatic carbocycles. The molecule has 0 nitrogen and oxygen atoms in total. The fourth-order valence-electron chi connectivity index (χ4n) is 2.90. The average molecular weight is 349 g/mol. The molecule has 0 unspecified atom stereocenters. The summed E-state index contributed by atoms with van der Waals surface area (Å²) in [5.74, 6) is 0. The molecule has 0 atom stereocenters. The molecule has 0 aliphatic heterocycles. The van der Waals surface area contributed by atoms with Crippen LogP contribution in [0.2, 0.25) is 10.0 Å². The summed E-state index contributed by atoms with van der Waals surface area (Å²) in [5.41, 5.74) is 1.97. The van der Waals surface area contributed by atoms with Crippen LogP contribution >= 0.6 is 23.2 Å². The summed E-state index contributed by atoms with van der Waals surface area (Å²) in [6.45, 7) is 0. The second-order valence-corrected chi connectivity index (χ2v) is 6.59. The highest BCUT2D eigenvalue weighted by atomic mass is 35.5. The van der Waals surface area contributed by atoms with Gasteiger partial charge in [-0.1, -0.05) is 83.9 Å². The van der Waals surface area contributed by atoms with Crippen molar-refractivity contribution in [3.05, 3.63) is 94.0 Å². The summed E-state index contributed by atoms with van der Waals surface area (Å²) >= 11 is 12.8. The normalized spacial score (nSPS) is 11.6. The van der Waals surface area contributed by atoms with Crippen molar-refractivity contribution in [2.45, 2.75) is 0 Å². The van der Waals surface area contributed by atoms with E-state index in [4.69, 9.17) is 23.2 Å². The molecule has 0 aliphatic carbocycles. The molecule has 0 saturated heterocycles. The van der Waals surface area contributed by atoms with Gasteiger partial charge < -0.3 is 0 Å². The number of rotatable bonds is 2. The van der Waals surface area contributed by atoms with Crippen LogP contribution in [0.3, 0.4) is 0 Å². The lowest BCUT2D eigenvalue weighted by molar-refractivity contribution is 1.69. The third kappa shape index (κ3) is 2.91. The van der Waals surface area contributed by atoms with Crippen LogP contribution in [0.1, 0.15) is 11.1 Å². The van der Waals surface area contributed by atoms with Crippen molar-refractivity contribution in [3.63, 3.8) is 0 Å². The van der Waals surface area contributed by atoms with Crippen LogP contribution in [-0.4, -0.2) is 0 Å². The lowest BCUT2D eigenvalue weighted by atomic mass is 10.0. The minimum Gasteiger partial charge on any atom is -0.0837 e. The Hall–Kier alpha value is -2.28. The quantitative estimate of drug-likeness (QED) is 0.329. The van der Waals surface area contributed by atoms with Crippen LogP contribution in [0.25, 0.3) is 33.7 Å². The Labute approximate surface area is 150 Å². The number of hydrogen-bond donors (Lipinski definition) is 0. The predicted molar refractivity (Wildman–Crippen MR) is 107 cm³/mol. The average Bonchev–Trinajstić information content (AvgIpc) is 2.60. The van der Waals surface area contributed by atoms with Crippen molar-refractivity contribution in [2.75, 3.05) is 0 Å². The monoisotopic (exact) mass is 348 g/mol. The molecular weight excluding hydrogens is 335 g/mol. The van der Waals surface area contributed by atoms with Crippen molar-refractivity contribution in [1.82, 2.24) is 0 Å².